The van der Waals surface area contributed by atoms with Crippen molar-refractivity contribution in [3.8, 4) is 0 Å². The van der Waals surface area contributed by atoms with Gasteiger partial charge in [-0.15, -0.1) is 0 Å². The second-order valence-corrected chi connectivity index (χ2v) is 7.69. The fourth-order valence-corrected chi connectivity index (χ4v) is 3.98. The van der Waals surface area contributed by atoms with Crippen LogP contribution in [0.1, 0.15) is 46.0 Å². The molecule has 3 heterocycles. The van der Waals surface area contributed by atoms with Crippen molar-refractivity contribution in [2.75, 3.05) is 32.7 Å². The van der Waals surface area contributed by atoms with E-state index in [-0.39, 0.29) is 18.0 Å². The summed E-state index contributed by atoms with van der Waals surface area (Å²) in [4.78, 5) is 29.3. The van der Waals surface area contributed by atoms with Gasteiger partial charge < -0.3 is 15.5 Å². The molecule has 6 nitrogen and oxygen atoms in total. The molecule has 0 atom stereocenters. The van der Waals surface area contributed by atoms with Crippen LogP contribution in [0.3, 0.4) is 0 Å². The van der Waals surface area contributed by atoms with Gasteiger partial charge in [0.05, 0.1) is 0 Å². The summed E-state index contributed by atoms with van der Waals surface area (Å²) < 4.78 is 0. The van der Waals surface area contributed by atoms with Gasteiger partial charge in [0, 0.05) is 19.1 Å². The molecule has 3 rings (SSSR count). The van der Waals surface area contributed by atoms with Gasteiger partial charge in [-0.25, -0.2) is 4.79 Å². The minimum absolute atomic E-state index is 0.0258. The van der Waals surface area contributed by atoms with Gasteiger partial charge in [0.25, 0.3) is 5.91 Å². The van der Waals surface area contributed by atoms with Crippen LogP contribution in [0, 0.1) is 5.92 Å². The third-order valence-electron chi connectivity index (χ3n) is 5.60. The van der Waals surface area contributed by atoms with E-state index >= 15 is 0 Å². The molecule has 0 aromatic carbocycles. The third kappa shape index (κ3) is 3.38. The van der Waals surface area contributed by atoms with Gasteiger partial charge >= 0.3 is 6.03 Å². The standard InChI is InChI=1S/C17H30N4O2/c1-13(2)5-10-20-11-6-17(7-12-20)15(22)21(16(23)19-17)14-3-8-18-9-4-14/h13-14,18H,3-12H2,1-2H3,(H,19,23). The number of urea groups is 1. The lowest BCUT2D eigenvalue weighted by molar-refractivity contribution is -0.134. The summed E-state index contributed by atoms with van der Waals surface area (Å²) in [5.74, 6) is 0.729. The Morgan fingerprint density at radius 1 is 1.17 bits per heavy atom. The summed E-state index contributed by atoms with van der Waals surface area (Å²) in [5, 5.41) is 6.33. The number of piperidine rings is 2. The Hall–Kier alpha value is -1.14. The van der Waals surface area contributed by atoms with E-state index in [0.717, 1.165) is 58.4 Å². The van der Waals surface area contributed by atoms with Crippen molar-refractivity contribution in [2.45, 2.75) is 57.5 Å². The summed E-state index contributed by atoms with van der Waals surface area (Å²) in [6.45, 7) is 9.15. The minimum Gasteiger partial charge on any atom is -0.323 e. The van der Waals surface area contributed by atoms with E-state index < -0.39 is 5.54 Å². The first kappa shape index (κ1) is 16.7. The zero-order valence-electron chi connectivity index (χ0n) is 14.4. The van der Waals surface area contributed by atoms with Crippen molar-refractivity contribution < 1.29 is 9.59 Å². The molecule has 6 heteroatoms. The SMILES string of the molecule is CC(C)CCN1CCC2(CC1)NC(=O)N(C1CCNCC1)C2=O. The first-order chi connectivity index (χ1) is 11.0. The van der Waals surface area contributed by atoms with Crippen LogP contribution in [0.15, 0.2) is 0 Å². The predicted molar refractivity (Wildman–Crippen MR) is 89.1 cm³/mol. The van der Waals surface area contributed by atoms with E-state index in [1.165, 1.54) is 11.3 Å². The Balaban J connectivity index is 1.61. The van der Waals surface area contributed by atoms with Gasteiger partial charge in [0.15, 0.2) is 0 Å². The number of likely N-dealkylation sites (tertiary alicyclic amines) is 1. The number of amides is 3. The number of carbonyl (C=O) groups excluding carboxylic acids is 2. The fourth-order valence-electron chi connectivity index (χ4n) is 3.98. The smallest absolute Gasteiger partial charge is 0.323 e. The maximum Gasteiger partial charge on any atom is 0.325 e. The van der Waals surface area contributed by atoms with Gasteiger partial charge in [-0.2, -0.15) is 0 Å². The molecule has 0 aromatic heterocycles. The summed E-state index contributed by atoms with van der Waals surface area (Å²) in [5.41, 5.74) is -0.629. The minimum atomic E-state index is -0.629. The third-order valence-corrected chi connectivity index (χ3v) is 5.60. The van der Waals surface area contributed by atoms with Crippen molar-refractivity contribution in [1.82, 2.24) is 20.4 Å². The first-order valence-corrected chi connectivity index (χ1v) is 9.11. The van der Waals surface area contributed by atoms with Crippen LogP contribution in [-0.4, -0.2) is 66.0 Å². The maximum atomic E-state index is 13.0. The van der Waals surface area contributed by atoms with E-state index in [1.807, 2.05) is 0 Å². The average molecular weight is 322 g/mol. The second-order valence-electron chi connectivity index (χ2n) is 7.69. The van der Waals surface area contributed by atoms with Crippen LogP contribution in [-0.2, 0) is 4.79 Å². The highest BCUT2D eigenvalue weighted by atomic mass is 16.2. The summed E-state index contributed by atoms with van der Waals surface area (Å²) in [6, 6.07) is -0.0976. The molecule has 3 aliphatic rings. The quantitative estimate of drug-likeness (QED) is 0.763. The Kier molecular flexibility index (Phi) is 4.92. The summed E-state index contributed by atoms with van der Waals surface area (Å²) >= 11 is 0. The van der Waals surface area contributed by atoms with Gasteiger partial charge in [0.1, 0.15) is 5.54 Å². The van der Waals surface area contributed by atoms with Gasteiger partial charge in [-0.1, -0.05) is 13.8 Å². The molecular weight excluding hydrogens is 292 g/mol. The van der Waals surface area contributed by atoms with E-state index in [0.29, 0.717) is 5.92 Å². The maximum absolute atomic E-state index is 13.0. The molecule has 0 aliphatic carbocycles. The van der Waals surface area contributed by atoms with Gasteiger partial charge in [-0.3, -0.25) is 9.69 Å². The molecule has 3 fully saturated rings. The van der Waals surface area contributed by atoms with Crippen LogP contribution in [0.5, 0.6) is 0 Å². The number of hydrogen-bond donors (Lipinski definition) is 2. The van der Waals surface area contributed by atoms with Crippen LogP contribution >= 0.6 is 0 Å². The van der Waals surface area contributed by atoms with Crippen molar-refractivity contribution in [3.63, 3.8) is 0 Å². The number of carbonyl (C=O) groups is 2. The van der Waals surface area contributed by atoms with Gasteiger partial charge in [-0.05, 0) is 57.7 Å². The number of nitrogens with zero attached hydrogens (tertiary/aromatic N) is 2. The molecule has 0 aromatic rings. The highest BCUT2D eigenvalue weighted by molar-refractivity contribution is 6.07. The first-order valence-electron chi connectivity index (χ1n) is 9.11. The number of nitrogens with one attached hydrogen (secondary N) is 2. The van der Waals surface area contributed by atoms with Crippen LogP contribution < -0.4 is 10.6 Å². The summed E-state index contributed by atoms with van der Waals surface area (Å²) in [6.07, 6.45) is 4.42. The van der Waals surface area contributed by atoms with Gasteiger partial charge in [0.2, 0.25) is 0 Å². The Morgan fingerprint density at radius 2 is 1.83 bits per heavy atom. The molecule has 3 amide bonds. The number of hydrogen-bond acceptors (Lipinski definition) is 4. The molecule has 3 saturated heterocycles. The number of imide groups is 1. The van der Waals surface area contributed by atoms with E-state index in [2.05, 4.69) is 29.4 Å². The highest BCUT2D eigenvalue weighted by Gasteiger charge is 2.53. The molecule has 1 spiro atoms. The molecule has 23 heavy (non-hydrogen) atoms. The Bertz CT molecular complexity index is 452. The molecule has 0 radical (unpaired) electrons. The topological polar surface area (TPSA) is 64.7 Å². The molecule has 0 saturated carbocycles. The van der Waals surface area contributed by atoms with Crippen LogP contribution in [0.4, 0.5) is 4.79 Å². The predicted octanol–water partition coefficient (Wildman–Crippen LogP) is 1.17. The largest absolute Gasteiger partial charge is 0.325 e. The number of rotatable bonds is 4. The van der Waals surface area contributed by atoms with E-state index in [1.54, 1.807) is 0 Å². The normalized spacial score (nSPS) is 26.3. The molecular formula is C17H30N4O2. The lowest BCUT2D eigenvalue weighted by Gasteiger charge is -2.38. The summed E-state index contributed by atoms with van der Waals surface area (Å²) in [7, 11) is 0. The zero-order valence-corrected chi connectivity index (χ0v) is 14.4. The average Bonchev–Trinajstić information content (AvgIpc) is 2.78. The molecule has 2 N–H and O–H groups in total. The lowest BCUT2D eigenvalue weighted by Crippen LogP contribution is -2.55. The van der Waals surface area contributed by atoms with Crippen molar-refractivity contribution in [2.24, 2.45) is 5.92 Å². The lowest BCUT2D eigenvalue weighted by atomic mass is 9.86. The van der Waals surface area contributed by atoms with E-state index in [9.17, 15) is 9.59 Å². The molecule has 3 aliphatic heterocycles. The molecule has 130 valence electrons. The monoisotopic (exact) mass is 322 g/mol. The van der Waals surface area contributed by atoms with Crippen molar-refractivity contribution >= 4 is 11.9 Å². The van der Waals surface area contributed by atoms with Crippen LogP contribution in [0.2, 0.25) is 0 Å². The molecule has 0 bridgehead atoms. The molecule has 0 unspecified atom stereocenters. The van der Waals surface area contributed by atoms with E-state index in [4.69, 9.17) is 0 Å². The highest BCUT2D eigenvalue weighted by Crippen LogP contribution is 2.32. The fraction of sp³-hybridized carbons (Fsp3) is 0.882. The van der Waals surface area contributed by atoms with Crippen LogP contribution in [0.25, 0.3) is 0 Å². The second kappa shape index (κ2) is 6.77. The Morgan fingerprint density at radius 3 is 2.43 bits per heavy atom. The zero-order chi connectivity index (χ0) is 16.4. The van der Waals surface area contributed by atoms with Crippen molar-refractivity contribution in [3.05, 3.63) is 0 Å². The Labute approximate surface area is 139 Å². The van der Waals surface area contributed by atoms with Crippen molar-refractivity contribution in [1.29, 1.82) is 0 Å².